The molecule has 104 valence electrons. The minimum Gasteiger partial charge on any atom is -0.496 e. The molecule has 1 heterocycles. The standard InChI is InChI=1S/C16H19N3O/c1-3-18-10-14-6-7-19(11-14)12-15-8-13(9-17)4-5-16(15)20-2/h4-8,11,18H,3,10,12H2,1-2H3. The Bertz CT molecular complexity index is 610. The zero-order valence-electron chi connectivity index (χ0n) is 11.9. The Kier molecular flexibility index (Phi) is 4.80. The van der Waals surface area contributed by atoms with Crippen LogP contribution in [-0.4, -0.2) is 18.2 Å². The van der Waals surface area contributed by atoms with Crippen LogP contribution in [0.4, 0.5) is 0 Å². The highest BCUT2D eigenvalue weighted by Crippen LogP contribution is 2.21. The third kappa shape index (κ3) is 3.40. The lowest BCUT2D eigenvalue weighted by Gasteiger charge is -2.09. The van der Waals surface area contributed by atoms with Gasteiger partial charge in [0.15, 0.2) is 0 Å². The maximum absolute atomic E-state index is 8.99. The van der Waals surface area contributed by atoms with Crippen LogP contribution in [0.2, 0.25) is 0 Å². The Morgan fingerprint density at radius 3 is 2.90 bits per heavy atom. The predicted octanol–water partition coefficient (Wildman–Crippen LogP) is 2.53. The van der Waals surface area contributed by atoms with Crippen LogP contribution in [0.15, 0.2) is 36.7 Å². The van der Waals surface area contributed by atoms with Gasteiger partial charge in [0.1, 0.15) is 5.75 Å². The monoisotopic (exact) mass is 269 g/mol. The van der Waals surface area contributed by atoms with Crippen molar-refractivity contribution in [1.29, 1.82) is 5.26 Å². The van der Waals surface area contributed by atoms with Gasteiger partial charge in [0.2, 0.25) is 0 Å². The molecule has 1 N–H and O–H groups in total. The van der Waals surface area contributed by atoms with Crippen molar-refractivity contribution in [2.45, 2.75) is 20.0 Å². The molecule has 0 aliphatic heterocycles. The summed E-state index contributed by atoms with van der Waals surface area (Å²) in [4.78, 5) is 0. The number of ether oxygens (including phenoxy) is 1. The van der Waals surface area contributed by atoms with Gasteiger partial charge >= 0.3 is 0 Å². The summed E-state index contributed by atoms with van der Waals surface area (Å²) in [5, 5.41) is 12.3. The molecule has 0 radical (unpaired) electrons. The van der Waals surface area contributed by atoms with Crippen LogP contribution in [0.25, 0.3) is 0 Å². The van der Waals surface area contributed by atoms with E-state index < -0.39 is 0 Å². The second kappa shape index (κ2) is 6.78. The Balaban J connectivity index is 2.16. The van der Waals surface area contributed by atoms with Crippen molar-refractivity contribution >= 4 is 0 Å². The molecule has 4 heteroatoms. The summed E-state index contributed by atoms with van der Waals surface area (Å²) in [7, 11) is 1.65. The highest BCUT2D eigenvalue weighted by atomic mass is 16.5. The summed E-state index contributed by atoms with van der Waals surface area (Å²) < 4.78 is 7.46. The van der Waals surface area contributed by atoms with Crippen LogP contribution in [0.5, 0.6) is 5.75 Å². The van der Waals surface area contributed by atoms with E-state index in [0.29, 0.717) is 12.1 Å². The van der Waals surface area contributed by atoms with E-state index in [1.54, 1.807) is 13.2 Å². The van der Waals surface area contributed by atoms with Gasteiger partial charge in [-0.15, -0.1) is 0 Å². The van der Waals surface area contributed by atoms with Crippen molar-refractivity contribution in [2.75, 3.05) is 13.7 Å². The van der Waals surface area contributed by atoms with Crippen LogP contribution in [0, 0.1) is 11.3 Å². The number of methoxy groups -OCH3 is 1. The first-order chi connectivity index (χ1) is 9.76. The second-order valence-corrected chi connectivity index (χ2v) is 4.61. The van der Waals surface area contributed by atoms with Crippen molar-refractivity contribution in [3.05, 3.63) is 53.3 Å². The first kappa shape index (κ1) is 14.2. The fraction of sp³-hybridized carbons (Fsp3) is 0.312. The normalized spacial score (nSPS) is 10.2. The Morgan fingerprint density at radius 2 is 2.20 bits per heavy atom. The molecule has 4 nitrogen and oxygen atoms in total. The first-order valence-corrected chi connectivity index (χ1v) is 6.69. The largest absolute Gasteiger partial charge is 0.496 e. The third-order valence-corrected chi connectivity index (χ3v) is 3.15. The van der Waals surface area contributed by atoms with Crippen LogP contribution < -0.4 is 10.1 Å². The van der Waals surface area contributed by atoms with E-state index in [-0.39, 0.29) is 0 Å². The van der Waals surface area contributed by atoms with E-state index in [0.717, 1.165) is 24.4 Å². The first-order valence-electron chi connectivity index (χ1n) is 6.69. The van der Waals surface area contributed by atoms with Crippen molar-refractivity contribution in [2.24, 2.45) is 0 Å². The lowest BCUT2D eigenvalue weighted by atomic mass is 10.1. The maximum atomic E-state index is 8.99. The smallest absolute Gasteiger partial charge is 0.123 e. The summed E-state index contributed by atoms with van der Waals surface area (Å²) in [5.41, 5.74) is 2.92. The van der Waals surface area contributed by atoms with Gasteiger partial charge < -0.3 is 14.6 Å². The summed E-state index contributed by atoms with van der Waals surface area (Å²) in [5.74, 6) is 0.811. The Morgan fingerprint density at radius 1 is 1.35 bits per heavy atom. The molecule has 1 aromatic carbocycles. The molecule has 0 bridgehead atoms. The zero-order valence-corrected chi connectivity index (χ0v) is 11.9. The fourth-order valence-corrected chi connectivity index (χ4v) is 2.13. The van der Waals surface area contributed by atoms with E-state index in [9.17, 15) is 0 Å². The van der Waals surface area contributed by atoms with Crippen LogP contribution in [0.3, 0.4) is 0 Å². The van der Waals surface area contributed by atoms with Gasteiger partial charge in [0.25, 0.3) is 0 Å². The molecule has 0 atom stereocenters. The zero-order chi connectivity index (χ0) is 14.4. The molecule has 0 fully saturated rings. The minimum absolute atomic E-state index is 0.654. The van der Waals surface area contributed by atoms with E-state index in [2.05, 4.69) is 35.1 Å². The number of benzene rings is 1. The number of nitrogens with one attached hydrogen (secondary N) is 1. The van der Waals surface area contributed by atoms with Crippen LogP contribution in [-0.2, 0) is 13.1 Å². The Labute approximate surface area is 119 Å². The molecule has 0 unspecified atom stereocenters. The lowest BCUT2D eigenvalue weighted by molar-refractivity contribution is 0.408. The quantitative estimate of drug-likeness (QED) is 0.876. The molecule has 0 aliphatic carbocycles. The molecule has 2 rings (SSSR count). The van der Waals surface area contributed by atoms with Crippen molar-refractivity contribution in [1.82, 2.24) is 9.88 Å². The van der Waals surface area contributed by atoms with Crippen LogP contribution in [0.1, 0.15) is 23.6 Å². The predicted molar refractivity (Wildman–Crippen MR) is 78.6 cm³/mol. The molecule has 0 aliphatic rings. The SMILES string of the molecule is CCNCc1ccn(Cc2cc(C#N)ccc2OC)c1. The number of hydrogen-bond acceptors (Lipinski definition) is 3. The summed E-state index contributed by atoms with van der Waals surface area (Å²) >= 11 is 0. The van der Waals surface area contributed by atoms with E-state index in [1.165, 1.54) is 5.56 Å². The van der Waals surface area contributed by atoms with Gasteiger partial charge in [0, 0.05) is 24.5 Å². The van der Waals surface area contributed by atoms with E-state index >= 15 is 0 Å². The molecule has 1 aromatic heterocycles. The summed E-state index contributed by atoms with van der Waals surface area (Å²) in [6, 6.07) is 9.76. The average molecular weight is 269 g/mol. The summed E-state index contributed by atoms with van der Waals surface area (Å²) in [6.07, 6.45) is 4.16. The van der Waals surface area contributed by atoms with Gasteiger partial charge in [-0.3, -0.25) is 0 Å². The van der Waals surface area contributed by atoms with Gasteiger partial charge in [-0.25, -0.2) is 0 Å². The highest BCUT2D eigenvalue weighted by Gasteiger charge is 2.06. The van der Waals surface area contributed by atoms with Crippen molar-refractivity contribution < 1.29 is 4.74 Å². The van der Waals surface area contributed by atoms with E-state index in [1.807, 2.05) is 18.3 Å². The van der Waals surface area contributed by atoms with E-state index in [4.69, 9.17) is 10.00 Å². The van der Waals surface area contributed by atoms with Crippen molar-refractivity contribution in [3.63, 3.8) is 0 Å². The molecule has 20 heavy (non-hydrogen) atoms. The second-order valence-electron chi connectivity index (χ2n) is 4.61. The number of aromatic nitrogens is 1. The van der Waals surface area contributed by atoms with Gasteiger partial charge in [-0.1, -0.05) is 6.92 Å². The number of hydrogen-bond donors (Lipinski definition) is 1. The molecule has 0 amide bonds. The molecule has 0 spiro atoms. The topological polar surface area (TPSA) is 50.0 Å². The number of nitrogens with zero attached hydrogens (tertiary/aromatic N) is 2. The molecular weight excluding hydrogens is 250 g/mol. The summed E-state index contributed by atoms with van der Waals surface area (Å²) in [6.45, 7) is 4.63. The number of nitriles is 1. The molecule has 0 saturated heterocycles. The van der Waals surface area contributed by atoms with Gasteiger partial charge in [-0.2, -0.15) is 5.26 Å². The van der Waals surface area contributed by atoms with Gasteiger partial charge in [-0.05, 0) is 36.4 Å². The number of rotatable bonds is 6. The third-order valence-electron chi connectivity index (χ3n) is 3.15. The highest BCUT2D eigenvalue weighted by molar-refractivity contribution is 5.42. The maximum Gasteiger partial charge on any atom is 0.123 e. The van der Waals surface area contributed by atoms with Crippen LogP contribution >= 0.6 is 0 Å². The Hall–Kier alpha value is -2.25. The lowest BCUT2D eigenvalue weighted by Crippen LogP contribution is -2.11. The molecule has 0 saturated carbocycles. The average Bonchev–Trinajstić information content (AvgIpc) is 2.92. The molecular formula is C16H19N3O. The van der Waals surface area contributed by atoms with Crippen molar-refractivity contribution in [3.8, 4) is 11.8 Å². The minimum atomic E-state index is 0.654. The fourth-order valence-electron chi connectivity index (χ4n) is 2.13. The van der Waals surface area contributed by atoms with Gasteiger partial charge in [0.05, 0.1) is 25.3 Å². The molecule has 2 aromatic rings.